The van der Waals surface area contributed by atoms with Crippen molar-refractivity contribution in [2.45, 2.75) is 19.4 Å². The molecule has 0 bridgehead atoms. The first-order chi connectivity index (χ1) is 8.43. The summed E-state index contributed by atoms with van der Waals surface area (Å²) < 4.78 is 15.9. The summed E-state index contributed by atoms with van der Waals surface area (Å²) in [5.74, 6) is -0.343. The van der Waals surface area contributed by atoms with Crippen LogP contribution in [-0.2, 0) is 13.5 Å². The molecule has 0 spiro atoms. The highest BCUT2D eigenvalue weighted by Crippen LogP contribution is 2.28. The molecule has 2 aromatic rings. The Morgan fingerprint density at radius 3 is 2.83 bits per heavy atom. The highest BCUT2D eigenvalue weighted by molar-refractivity contribution is 5.86. The van der Waals surface area contributed by atoms with Crippen LogP contribution in [-0.4, -0.2) is 15.7 Å². The minimum absolute atomic E-state index is 0.0808. The van der Waals surface area contributed by atoms with Gasteiger partial charge in [0.25, 0.3) is 0 Å². The minimum atomic E-state index is -0.575. The molecule has 0 aliphatic rings. The van der Waals surface area contributed by atoms with Crippen LogP contribution in [0.2, 0.25) is 0 Å². The standard InChI is InChI=1S/C14H17FN2O/c1-8-10(7-12(16)9(2)18)14-11(15)5-4-6-13(14)17(8)3/h4-6,12,18H,2,7,16H2,1,3H3. The van der Waals surface area contributed by atoms with E-state index in [4.69, 9.17) is 5.73 Å². The van der Waals surface area contributed by atoms with Crippen LogP contribution in [0.5, 0.6) is 0 Å². The van der Waals surface area contributed by atoms with Gasteiger partial charge in [-0.05, 0) is 31.0 Å². The maximum atomic E-state index is 14.0. The molecule has 1 unspecified atom stereocenters. The molecule has 0 aliphatic heterocycles. The first-order valence-corrected chi connectivity index (χ1v) is 5.79. The molecular weight excluding hydrogens is 231 g/mol. The lowest BCUT2D eigenvalue weighted by molar-refractivity contribution is 0.368. The second kappa shape index (κ2) is 4.46. The predicted molar refractivity (Wildman–Crippen MR) is 71.1 cm³/mol. The van der Waals surface area contributed by atoms with Crippen molar-refractivity contribution < 1.29 is 9.50 Å². The molecule has 0 fully saturated rings. The van der Waals surface area contributed by atoms with Gasteiger partial charge in [0.15, 0.2) is 0 Å². The number of fused-ring (bicyclic) bond motifs is 1. The van der Waals surface area contributed by atoms with Crippen LogP contribution >= 0.6 is 0 Å². The van der Waals surface area contributed by atoms with Crippen LogP contribution in [0.15, 0.2) is 30.5 Å². The zero-order valence-corrected chi connectivity index (χ0v) is 10.6. The third kappa shape index (κ3) is 1.88. The average molecular weight is 248 g/mol. The van der Waals surface area contributed by atoms with Gasteiger partial charge in [0.05, 0.1) is 11.6 Å². The van der Waals surface area contributed by atoms with Crippen molar-refractivity contribution in [3.8, 4) is 0 Å². The fourth-order valence-electron chi connectivity index (χ4n) is 2.24. The summed E-state index contributed by atoms with van der Waals surface area (Å²) in [5.41, 5.74) is 8.40. The number of nitrogens with two attached hydrogens (primary N) is 1. The molecule has 0 saturated heterocycles. The molecule has 0 aliphatic carbocycles. The number of aliphatic hydroxyl groups excluding tert-OH is 1. The van der Waals surface area contributed by atoms with Crippen LogP contribution < -0.4 is 5.73 Å². The molecule has 3 N–H and O–H groups in total. The largest absolute Gasteiger partial charge is 0.511 e. The highest BCUT2D eigenvalue weighted by atomic mass is 19.1. The summed E-state index contributed by atoms with van der Waals surface area (Å²) >= 11 is 0. The first kappa shape index (κ1) is 12.6. The zero-order chi connectivity index (χ0) is 13.4. The number of halogens is 1. The Kier molecular flexibility index (Phi) is 3.13. The summed E-state index contributed by atoms with van der Waals surface area (Å²) in [7, 11) is 1.89. The molecule has 96 valence electrons. The van der Waals surface area contributed by atoms with Gasteiger partial charge in [-0.3, -0.25) is 0 Å². The Morgan fingerprint density at radius 2 is 2.22 bits per heavy atom. The first-order valence-electron chi connectivity index (χ1n) is 5.79. The quantitative estimate of drug-likeness (QED) is 0.820. The van der Waals surface area contributed by atoms with Gasteiger partial charge in [-0.2, -0.15) is 0 Å². The van der Waals surface area contributed by atoms with Gasteiger partial charge in [0, 0.05) is 18.1 Å². The van der Waals surface area contributed by atoms with Gasteiger partial charge >= 0.3 is 0 Å². The van der Waals surface area contributed by atoms with E-state index in [1.165, 1.54) is 6.07 Å². The van der Waals surface area contributed by atoms with Crippen LogP contribution in [0, 0.1) is 12.7 Å². The van der Waals surface area contributed by atoms with Crippen LogP contribution in [0.3, 0.4) is 0 Å². The predicted octanol–water partition coefficient (Wildman–Crippen LogP) is 2.57. The van der Waals surface area contributed by atoms with Crippen molar-refractivity contribution in [1.29, 1.82) is 0 Å². The van der Waals surface area contributed by atoms with E-state index in [0.717, 1.165) is 16.8 Å². The Balaban J connectivity index is 2.63. The van der Waals surface area contributed by atoms with Gasteiger partial charge < -0.3 is 15.4 Å². The van der Waals surface area contributed by atoms with Gasteiger partial charge in [-0.15, -0.1) is 0 Å². The average Bonchev–Trinajstić information content (AvgIpc) is 2.56. The number of rotatable bonds is 3. The Morgan fingerprint density at radius 1 is 1.56 bits per heavy atom. The third-order valence-electron chi connectivity index (χ3n) is 3.45. The topological polar surface area (TPSA) is 51.2 Å². The van der Waals surface area contributed by atoms with Crippen molar-refractivity contribution in [1.82, 2.24) is 4.57 Å². The molecule has 1 aromatic carbocycles. The van der Waals surface area contributed by atoms with E-state index in [2.05, 4.69) is 6.58 Å². The van der Waals surface area contributed by atoms with E-state index in [1.54, 1.807) is 6.07 Å². The van der Waals surface area contributed by atoms with E-state index in [1.807, 2.05) is 24.6 Å². The SMILES string of the molecule is C=C(O)C(N)Cc1c(C)n(C)c2cccc(F)c12. The number of aliphatic hydroxyl groups is 1. The summed E-state index contributed by atoms with van der Waals surface area (Å²) in [6, 6.07) is 4.42. The van der Waals surface area contributed by atoms with E-state index >= 15 is 0 Å². The molecule has 4 heteroatoms. The fourth-order valence-corrected chi connectivity index (χ4v) is 2.24. The van der Waals surface area contributed by atoms with Gasteiger partial charge in [-0.1, -0.05) is 12.6 Å². The van der Waals surface area contributed by atoms with Crippen molar-refractivity contribution in [3.63, 3.8) is 0 Å². The summed E-state index contributed by atoms with van der Waals surface area (Å²) in [6.07, 6.45) is 0.374. The van der Waals surface area contributed by atoms with Crippen molar-refractivity contribution in [2.75, 3.05) is 0 Å². The summed E-state index contributed by atoms with van der Waals surface area (Å²) in [6.45, 7) is 5.34. The van der Waals surface area contributed by atoms with Crippen LogP contribution in [0.25, 0.3) is 10.9 Å². The molecule has 1 heterocycles. The van der Waals surface area contributed by atoms with Crippen LogP contribution in [0.1, 0.15) is 11.3 Å². The normalized spacial score (nSPS) is 12.9. The van der Waals surface area contributed by atoms with E-state index in [9.17, 15) is 9.50 Å². The lowest BCUT2D eigenvalue weighted by Crippen LogP contribution is -2.25. The Labute approximate surface area is 105 Å². The summed E-state index contributed by atoms with van der Waals surface area (Å²) in [4.78, 5) is 0. The molecule has 18 heavy (non-hydrogen) atoms. The second-order valence-corrected chi connectivity index (χ2v) is 4.56. The van der Waals surface area contributed by atoms with Gasteiger partial charge in [-0.25, -0.2) is 4.39 Å². The van der Waals surface area contributed by atoms with Gasteiger partial charge in [0.2, 0.25) is 0 Å². The third-order valence-corrected chi connectivity index (χ3v) is 3.45. The van der Waals surface area contributed by atoms with Gasteiger partial charge in [0.1, 0.15) is 11.6 Å². The second-order valence-electron chi connectivity index (χ2n) is 4.56. The molecule has 3 nitrogen and oxygen atoms in total. The minimum Gasteiger partial charge on any atom is -0.511 e. The van der Waals surface area contributed by atoms with E-state index in [-0.39, 0.29) is 11.6 Å². The van der Waals surface area contributed by atoms with Crippen LogP contribution in [0.4, 0.5) is 4.39 Å². The lowest BCUT2D eigenvalue weighted by Gasteiger charge is -2.10. The number of nitrogens with zero attached hydrogens (tertiary/aromatic N) is 1. The molecular formula is C14H17FN2O. The summed E-state index contributed by atoms with van der Waals surface area (Å²) in [5, 5.41) is 9.88. The number of hydrogen-bond acceptors (Lipinski definition) is 2. The monoisotopic (exact) mass is 248 g/mol. The molecule has 1 aromatic heterocycles. The number of hydrogen-bond donors (Lipinski definition) is 2. The van der Waals surface area contributed by atoms with E-state index in [0.29, 0.717) is 11.8 Å². The number of benzene rings is 1. The molecule has 0 amide bonds. The Bertz CT molecular complexity index is 616. The van der Waals surface area contributed by atoms with Crippen molar-refractivity contribution in [2.24, 2.45) is 12.8 Å². The smallest absolute Gasteiger partial charge is 0.132 e. The maximum Gasteiger partial charge on any atom is 0.132 e. The zero-order valence-electron chi connectivity index (χ0n) is 10.6. The highest BCUT2D eigenvalue weighted by Gasteiger charge is 2.18. The lowest BCUT2D eigenvalue weighted by atomic mass is 10.0. The molecule has 1 atom stereocenters. The molecule has 0 saturated carbocycles. The number of aryl methyl sites for hydroxylation is 1. The van der Waals surface area contributed by atoms with E-state index < -0.39 is 6.04 Å². The van der Waals surface area contributed by atoms with Crippen molar-refractivity contribution in [3.05, 3.63) is 47.6 Å². The van der Waals surface area contributed by atoms with Crippen molar-refractivity contribution >= 4 is 10.9 Å². The molecule has 0 radical (unpaired) electrons. The Hall–Kier alpha value is -1.81. The number of aromatic nitrogens is 1. The molecule has 2 rings (SSSR count). The fraction of sp³-hybridized carbons (Fsp3) is 0.286. The maximum absolute atomic E-state index is 14.0.